The molecule has 2 amide bonds. The summed E-state index contributed by atoms with van der Waals surface area (Å²) in [6.45, 7) is 8.06. The first-order chi connectivity index (χ1) is 10.3. The van der Waals surface area contributed by atoms with Gasteiger partial charge in [-0.25, -0.2) is 0 Å². The molecule has 22 heavy (non-hydrogen) atoms. The molecule has 0 fully saturated rings. The molecule has 1 rings (SSSR count). The molecular formula is C17H27N3O2. The smallest absolute Gasteiger partial charge is 0.242 e. The third-order valence-electron chi connectivity index (χ3n) is 3.48. The Balaban J connectivity index is 2.82. The lowest BCUT2D eigenvalue weighted by Gasteiger charge is -2.28. The van der Waals surface area contributed by atoms with Gasteiger partial charge in [0.2, 0.25) is 11.8 Å². The Labute approximate surface area is 132 Å². The molecule has 0 saturated heterocycles. The Bertz CT molecular complexity index is 494. The van der Waals surface area contributed by atoms with Gasteiger partial charge in [0.15, 0.2) is 0 Å². The van der Waals surface area contributed by atoms with Gasteiger partial charge in [0, 0.05) is 13.0 Å². The van der Waals surface area contributed by atoms with E-state index < -0.39 is 12.1 Å². The number of hydrogen-bond donors (Lipinski definition) is 3. The second-order valence-electron chi connectivity index (χ2n) is 6.49. The van der Waals surface area contributed by atoms with Gasteiger partial charge in [0.25, 0.3) is 0 Å². The van der Waals surface area contributed by atoms with Crippen molar-refractivity contribution in [2.45, 2.75) is 46.2 Å². The molecule has 5 heteroatoms. The third kappa shape index (κ3) is 5.48. The van der Waals surface area contributed by atoms with E-state index in [1.54, 1.807) is 0 Å². The normalized spacial score (nSPS) is 14.0. The minimum Gasteiger partial charge on any atom is -0.355 e. The van der Waals surface area contributed by atoms with Crippen LogP contribution in [-0.2, 0) is 16.0 Å². The second kappa shape index (κ2) is 7.94. The van der Waals surface area contributed by atoms with Gasteiger partial charge in [0.1, 0.15) is 6.04 Å². The van der Waals surface area contributed by atoms with Gasteiger partial charge in [-0.1, -0.05) is 51.1 Å². The predicted octanol–water partition coefficient (Wildman–Crippen LogP) is 1.22. The number of carbonyl (C=O) groups excluding carboxylic acids is 2. The van der Waals surface area contributed by atoms with Crippen LogP contribution >= 0.6 is 0 Å². The zero-order chi connectivity index (χ0) is 16.8. The molecule has 2 atom stereocenters. The molecule has 0 saturated carbocycles. The largest absolute Gasteiger partial charge is 0.355 e. The standard InChI is InChI=1S/C17H27N3O2/c1-5-19-15(21)13(11-12-9-7-6-8-10-12)20-16(22)14(18)17(2,3)4/h6-10,13-14H,5,11,18H2,1-4H3,(H,19,21)(H,20,22). The molecule has 0 aliphatic heterocycles. The molecule has 1 aromatic rings. The maximum absolute atomic E-state index is 12.3. The molecule has 0 heterocycles. The van der Waals surface area contributed by atoms with Crippen molar-refractivity contribution >= 4 is 11.8 Å². The fourth-order valence-corrected chi connectivity index (χ4v) is 2.01. The number of benzene rings is 1. The summed E-state index contributed by atoms with van der Waals surface area (Å²) in [4.78, 5) is 24.5. The number of rotatable bonds is 6. The highest BCUT2D eigenvalue weighted by Gasteiger charge is 2.30. The van der Waals surface area contributed by atoms with E-state index in [4.69, 9.17) is 5.73 Å². The minimum atomic E-state index is -0.666. The highest BCUT2D eigenvalue weighted by Crippen LogP contribution is 2.17. The van der Waals surface area contributed by atoms with Gasteiger partial charge in [-0.05, 0) is 17.9 Å². The van der Waals surface area contributed by atoms with Crippen LogP contribution < -0.4 is 16.4 Å². The Morgan fingerprint density at radius 1 is 1.14 bits per heavy atom. The van der Waals surface area contributed by atoms with E-state index in [2.05, 4.69) is 10.6 Å². The summed E-state index contributed by atoms with van der Waals surface area (Å²) >= 11 is 0. The Kier molecular flexibility index (Phi) is 6.56. The number of amides is 2. The number of nitrogens with two attached hydrogens (primary N) is 1. The highest BCUT2D eigenvalue weighted by atomic mass is 16.2. The SMILES string of the molecule is CCNC(=O)C(Cc1ccccc1)NC(=O)C(N)C(C)(C)C. The van der Waals surface area contributed by atoms with Crippen LogP contribution in [-0.4, -0.2) is 30.4 Å². The van der Waals surface area contributed by atoms with Crippen molar-refractivity contribution < 1.29 is 9.59 Å². The fraction of sp³-hybridized carbons (Fsp3) is 0.529. The van der Waals surface area contributed by atoms with Crippen molar-refractivity contribution in [1.82, 2.24) is 10.6 Å². The summed E-state index contributed by atoms with van der Waals surface area (Å²) < 4.78 is 0. The molecule has 2 unspecified atom stereocenters. The van der Waals surface area contributed by atoms with Gasteiger partial charge < -0.3 is 16.4 Å². The van der Waals surface area contributed by atoms with Crippen LogP contribution in [0.25, 0.3) is 0 Å². The molecule has 122 valence electrons. The number of hydrogen-bond acceptors (Lipinski definition) is 3. The highest BCUT2D eigenvalue weighted by molar-refractivity contribution is 5.90. The fourth-order valence-electron chi connectivity index (χ4n) is 2.01. The molecule has 4 N–H and O–H groups in total. The lowest BCUT2D eigenvalue weighted by Crippen LogP contribution is -2.55. The van der Waals surface area contributed by atoms with Crippen molar-refractivity contribution in [3.05, 3.63) is 35.9 Å². The lowest BCUT2D eigenvalue weighted by molar-refractivity contribution is -0.130. The zero-order valence-electron chi connectivity index (χ0n) is 13.8. The van der Waals surface area contributed by atoms with Crippen LogP contribution in [0, 0.1) is 5.41 Å². The van der Waals surface area contributed by atoms with Crippen LogP contribution in [0.5, 0.6) is 0 Å². The van der Waals surface area contributed by atoms with Crippen LogP contribution in [0.2, 0.25) is 0 Å². The van der Waals surface area contributed by atoms with Crippen LogP contribution in [0.4, 0.5) is 0 Å². The number of likely N-dealkylation sites (N-methyl/N-ethyl adjacent to an activating group) is 1. The van der Waals surface area contributed by atoms with E-state index in [0.717, 1.165) is 5.56 Å². The molecule has 0 bridgehead atoms. The summed E-state index contributed by atoms with van der Waals surface area (Å²) in [5.41, 5.74) is 6.60. The summed E-state index contributed by atoms with van der Waals surface area (Å²) in [5.74, 6) is -0.500. The number of nitrogens with one attached hydrogen (secondary N) is 2. The predicted molar refractivity (Wildman–Crippen MR) is 88.2 cm³/mol. The van der Waals surface area contributed by atoms with E-state index in [-0.39, 0.29) is 17.2 Å². The van der Waals surface area contributed by atoms with Crippen molar-refractivity contribution in [2.24, 2.45) is 11.1 Å². The maximum Gasteiger partial charge on any atom is 0.242 e. The topological polar surface area (TPSA) is 84.2 Å². The molecule has 0 spiro atoms. The Morgan fingerprint density at radius 3 is 2.23 bits per heavy atom. The van der Waals surface area contributed by atoms with E-state index in [1.807, 2.05) is 58.0 Å². The van der Waals surface area contributed by atoms with Gasteiger partial charge in [-0.15, -0.1) is 0 Å². The average molecular weight is 305 g/mol. The molecule has 5 nitrogen and oxygen atoms in total. The quantitative estimate of drug-likeness (QED) is 0.739. The average Bonchev–Trinajstić information content (AvgIpc) is 2.46. The molecule has 1 aromatic carbocycles. The van der Waals surface area contributed by atoms with E-state index in [0.29, 0.717) is 13.0 Å². The molecule has 0 aliphatic rings. The lowest BCUT2D eigenvalue weighted by atomic mass is 9.86. The summed E-state index contributed by atoms with van der Waals surface area (Å²) in [6, 6.07) is 8.31. The second-order valence-corrected chi connectivity index (χ2v) is 6.49. The maximum atomic E-state index is 12.3. The monoisotopic (exact) mass is 305 g/mol. The van der Waals surface area contributed by atoms with Gasteiger partial charge in [-0.2, -0.15) is 0 Å². The minimum absolute atomic E-state index is 0.194. The van der Waals surface area contributed by atoms with Gasteiger partial charge >= 0.3 is 0 Å². The van der Waals surface area contributed by atoms with Crippen LogP contribution in [0.1, 0.15) is 33.3 Å². The summed E-state index contributed by atoms with van der Waals surface area (Å²) in [6.07, 6.45) is 0.440. The Morgan fingerprint density at radius 2 is 1.73 bits per heavy atom. The first-order valence-corrected chi connectivity index (χ1v) is 7.63. The van der Waals surface area contributed by atoms with Crippen molar-refractivity contribution in [1.29, 1.82) is 0 Å². The van der Waals surface area contributed by atoms with Crippen LogP contribution in [0.15, 0.2) is 30.3 Å². The molecular weight excluding hydrogens is 278 g/mol. The summed E-state index contributed by atoms with van der Waals surface area (Å²) in [5, 5.41) is 5.53. The zero-order valence-corrected chi connectivity index (χ0v) is 13.8. The first kappa shape index (κ1) is 18.2. The van der Waals surface area contributed by atoms with E-state index in [9.17, 15) is 9.59 Å². The first-order valence-electron chi connectivity index (χ1n) is 7.63. The van der Waals surface area contributed by atoms with Crippen molar-refractivity contribution in [2.75, 3.05) is 6.54 Å². The van der Waals surface area contributed by atoms with Crippen molar-refractivity contribution in [3.8, 4) is 0 Å². The number of carbonyl (C=O) groups is 2. The molecule has 0 aliphatic carbocycles. The molecule has 0 radical (unpaired) electrons. The summed E-state index contributed by atoms with van der Waals surface area (Å²) in [7, 11) is 0. The van der Waals surface area contributed by atoms with Gasteiger partial charge in [-0.3, -0.25) is 9.59 Å². The van der Waals surface area contributed by atoms with E-state index >= 15 is 0 Å². The van der Waals surface area contributed by atoms with E-state index in [1.165, 1.54) is 0 Å². The van der Waals surface area contributed by atoms with Crippen LogP contribution in [0.3, 0.4) is 0 Å². The third-order valence-corrected chi connectivity index (χ3v) is 3.48. The Hall–Kier alpha value is -1.88. The molecule has 0 aromatic heterocycles. The van der Waals surface area contributed by atoms with Crippen molar-refractivity contribution in [3.63, 3.8) is 0 Å². The van der Waals surface area contributed by atoms with Gasteiger partial charge in [0.05, 0.1) is 6.04 Å².